The zero-order valence-corrected chi connectivity index (χ0v) is 31.6. The van der Waals surface area contributed by atoms with Gasteiger partial charge in [0.2, 0.25) is 12.4 Å². The van der Waals surface area contributed by atoms with Gasteiger partial charge in [-0.05, 0) is 85.9 Å². The fraction of sp³-hybridized carbons (Fsp3) is 0.429. The van der Waals surface area contributed by atoms with Crippen LogP contribution in [-0.2, 0) is 42.9 Å². The molecule has 0 spiro atoms. The normalized spacial score (nSPS) is 24.5. The number of allylic oxidation sites excluding steroid dienone is 1. The smallest absolute Gasteiger partial charge is 0.339 e. The molecule has 0 amide bonds. The van der Waals surface area contributed by atoms with Gasteiger partial charge in [0.15, 0.2) is 18.3 Å². The predicted molar refractivity (Wildman–Crippen MR) is 201 cm³/mol. The number of phenols is 1. The number of piperidine rings is 1. The van der Waals surface area contributed by atoms with Crippen molar-refractivity contribution >= 4 is 35.0 Å². The van der Waals surface area contributed by atoms with Crippen molar-refractivity contribution in [2.24, 2.45) is 0 Å². The third kappa shape index (κ3) is 9.43. The second-order valence-electron chi connectivity index (χ2n) is 13.6. The zero-order valence-electron chi connectivity index (χ0n) is 34.6. The molecule has 6 rings (SSSR count). The molecular weight excluding hydrogens is 726 g/mol. The molecular formula is C42H47NO13. The van der Waals surface area contributed by atoms with Crippen molar-refractivity contribution in [3.8, 4) is 23.0 Å². The summed E-state index contributed by atoms with van der Waals surface area (Å²) in [5.41, 5.74) is 1.65. The van der Waals surface area contributed by atoms with E-state index in [0.29, 0.717) is 29.1 Å². The fourth-order valence-corrected chi connectivity index (χ4v) is 7.04. The van der Waals surface area contributed by atoms with Crippen LogP contribution in [0.2, 0.25) is 0 Å². The number of hydrogen-bond donors (Lipinski definition) is 1. The summed E-state index contributed by atoms with van der Waals surface area (Å²) in [4.78, 5) is 52.1. The number of esters is 4. The van der Waals surface area contributed by atoms with Crippen molar-refractivity contribution in [1.29, 1.82) is 0 Å². The average molecular weight is 777 g/mol. The Hall–Kier alpha value is -5.60. The van der Waals surface area contributed by atoms with Gasteiger partial charge in [0, 0.05) is 48.6 Å². The van der Waals surface area contributed by atoms with Gasteiger partial charge in [0.05, 0.1) is 7.11 Å². The number of carbonyl (C=O) groups is 4. The summed E-state index contributed by atoms with van der Waals surface area (Å²) in [6, 6.07) is 17.7. The molecule has 3 aromatic carbocycles. The topological polar surface area (TPSA) is 166 Å². The molecule has 0 unspecified atom stereocenters. The van der Waals surface area contributed by atoms with Crippen LogP contribution < -0.4 is 14.2 Å². The van der Waals surface area contributed by atoms with E-state index in [-0.39, 0.29) is 28.4 Å². The summed E-state index contributed by atoms with van der Waals surface area (Å²) in [6.07, 6.45) is -5.51. The van der Waals surface area contributed by atoms with Crippen LogP contribution >= 0.6 is 0 Å². The highest BCUT2D eigenvalue weighted by Crippen LogP contribution is 2.48. The van der Waals surface area contributed by atoms with Crippen molar-refractivity contribution in [1.82, 2.24) is 4.90 Å². The van der Waals surface area contributed by atoms with E-state index in [9.17, 15) is 24.3 Å². The number of hydrogen-bond acceptors (Lipinski definition) is 14. The Balaban J connectivity index is 1.38. The first-order valence-electron chi connectivity index (χ1n) is 19.8. The van der Waals surface area contributed by atoms with Gasteiger partial charge in [-0.3, -0.25) is 19.3 Å². The van der Waals surface area contributed by atoms with Crippen LogP contribution in [0.3, 0.4) is 0 Å². The van der Waals surface area contributed by atoms with Crippen molar-refractivity contribution in [3.63, 3.8) is 0 Å². The maximum atomic E-state index is 13.0. The number of fused-ring (bicyclic) bond motifs is 1. The first-order valence-corrected chi connectivity index (χ1v) is 18.3. The number of methoxy groups -OCH3 is 1. The monoisotopic (exact) mass is 776 g/mol. The lowest BCUT2D eigenvalue weighted by Crippen LogP contribution is -2.64. The lowest BCUT2D eigenvalue weighted by atomic mass is 9.86. The molecule has 0 radical (unpaired) electrons. The molecule has 2 saturated heterocycles. The van der Waals surface area contributed by atoms with Crippen molar-refractivity contribution in [2.75, 3.05) is 33.4 Å². The predicted octanol–water partition coefficient (Wildman–Crippen LogP) is 5.39. The summed E-state index contributed by atoms with van der Waals surface area (Å²) in [7, 11) is 1.07. The second-order valence-corrected chi connectivity index (χ2v) is 13.6. The lowest BCUT2D eigenvalue weighted by Gasteiger charge is -2.43. The van der Waals surface area contributed by atoms with Gasteiger partial charge in [0.25, 0.3) is 0 Å². The number of likely N-dealkylation sites (tertiary alicyclic amines) is 1. The van der Waals surface area contributed by atoms with Gasteiger partial charge >= 0.3 is 23.9 Å². The Kier molecular flexibility index (Phi) is 11.5. The molecule has 2 fully saturated rings. The Morgan fingerprint density at radius 3 is 2.11 bits per heavy atom. The molecule has 3 heterocycles. The van der Waals surface area contributed by atoms with E-state index >= 15 is 0 Å². The van der Waals surface area contributed by atoms with Gasteiger partial charge in [-0.2, -0.15) is 0 Å². The first kappa shape index (κ1) is 36.1. The minimum absolute atomic E-state index is 0.00662. The van der Waals surface area contributed by atoms with E-state index in [1.54, 1.807) is 36.4 Å². The highest BCUT2D eigenvalue weighted by Gasteiger charge is 2.56. The number of nitrogens with zero attached hydrogens (tertiary/aromatic N) is 1. The molecule has 56 heavy (non-hydrogen) atoms. The highest BCUT2D eigenvalue weighted by atomic mass is 16.7. The van der Waals surface area contributed by atoms with Crippen LogP contribution in [0.15, 0.2) is 66.7 Å². The Labute approximate surface area is 329 Å². The van der Waals surface area contributed by atoms with Gasteiger partial charge in [-0.1, -0.05) is 30.7 Å². The van der Waals surface area contributed by atoms with E-state index in [1.165, 1.54) is 49.6 Å². The number of benzene rings is 3. The molecule has 14 nitrogen and oxygen atoms in total. The van der Waals surface area contributed by atoms with E-state index in [2.05, 4.69) is 4.90 Å². The van der Waals surface area contributed by atoms with E-state index in [0.717, 1.165) is 47.5 Å². The van der Waals surface area contributed by atoms with Crippen LogP contribution in [0.5, 0.6) is 23.0 Å². The number of rotatable bonds is 12. The van der Waals surface area contributed by atoms with Crippen molar-refractivity contribution in [3.05, 3.63) is 83.4 Å². The zero-order chi connectivity index (χ0) is 42.4. The van der Waals surface area contributed by atoms with Crippen LogP contribution in [-0.4, -0.2) is 97.9 Å². The summed E-state index contributed by atoms with van der Waals surface area (Å²) in [5.74, 6) is -2.82. The van der Waals surface area contributed by atoms with Crippen LogP contribution in [0, 0.1) is 0 Å². The van der Waals surface area contributed by atoms with Gasteiger partial charge in [-0.25, -0.2) is 4.79 Å². The molecule has 3 aliphatic heterocycles. The number of carbonyl (C=O) groups excluding carboxylic acids is 4. The van der Waals surface area contributed by atoms with Gasteiger partial charge in [-0.15, -0.1) is 0 Å². The summed E-state index contributed by atoms with van der Waals surface area (Å²) in [6.45, 7) is 3.97. The summed E-state index contributed by atoms with van der Waals surface area (Å²) in [5, 5.41) is 10.1. The van der Waals surface area contributed by atoms with E-state index in [4.69, 9.17) is 42.0 Å². The van der Waals surface area contributed by atoms with Gasteiger partial charge < -0.3 is 43.0 Å². The lowest BCUT2D eigenvalue weighted by molar-refractivity contribution is -0.282. The Morgan fingerprint density at radius 2 is 1.46 bits per heavy atom. The highest BCUT2D eigenvalue weighted by molar-refractivity contribution is 5.95. The molecule has 1 N–H and O–H groups in total. The summed E-state index contributed by atoms with van der Waals surface area (Å²) >= 11 is 0. The molecule has 0 saturated carbocycles. The SMILES string of the molecule is [2H]C([2H])([2H])C1=C(c2ccc(O)cc2)[C@H](c2ccc(OCCN3CCCCC3)cc2)Oc2cc(O[C@@H]3O[C@H](C(=O)OC)[C@@H](OC(C)=O)[C@H](OC(C)=O)[C@H]3OC(C)=O)ccc21. The molecule has 0 aromatic heterocycles. The number of ether oxygens (including phenoxy) is 8. The Bertz CT molecular complexity index is 2030. The third-order valence-corrected chi connectivity index (χ3v) is 9.57. The first-order chi connectivity index (χ1) is 28.1. The minimum Gasteiger partial charge on any atom is -0.508 e. The average Bonchev–Trinajstić information content (AvgIpc) is 3.19. The van der Waals surface area contributed by atoms with Gasteiger partial charge in [0.1, 0.15) is 35.7 Å². The van der Waals surface area contributed by atoms with Crippen LogP contribution in [0.4, 0.5) is 0 Å². The maximum Gasteiger partial charge on any atom is 0.339 e. The number of aromatic hydroxyl groups is 1. The number of phenolic OH excluding ortho intramolecular Hbond substituents is 1. The standard InChI is InChI=1S/C42H47NO13/c1-24-33-18-17-32(54-42-40(53-27(4)46)38(52-26(3)45)37(51-25(2)44)39(56-42)41(48)49-5)23-34(33)55-36(35(24)28-9-13-30(47)14-10-28)29-11-15-31(16-12-29)50-22-21-43-19-7-6-8-20-43/h9-18,23,36-40,42,47H,6-8,19-22H2,1-5H3/t36-,37-,38-,39-,40+,42+/m0/s1/i1D3. The fourth-order valence-electron chi connectivity index (χ4n) is 7.04. The third-order valence-electron chi connectivity index (χ3n) is 9.57. The molecule has 3 aliphatic rings. The minimum atomic E-state index is -2.67. The van der Waals surface area contributed by atoms with E-state index in [1.807, 2.05) is 0 Å². The molecule has 0 bridgehead atoms. The maximum absolute atomic E-state index is 13.0. The molecule has 0 aliphatic carbocycles. The molecule has 6 atom stereocenters. The molecule has 14 heteroatoms. The van der Waals surface area contributed by atoms with Crippen molar-refractivity contribution < 1.29 is 66.3 Å². The second kappa shape index (κ2) is 17.9. The summed E-state index contributed by atoms with van der Waals surface area (Å²) < 4.78 is 72.2. The molecule has 298 valence electrons. The molecule has 3 aromatic rings. The van der Waals surface area contributed by atoms with Crippen LogP contribution in [0.1, 0.15) is 73.8 Å². The Morgan fingerprint density at radius 1 is 0.821 bits per heavy atom. The van der Waals surface area contributed by atoms with Crippen molar-refractivity contribution in [2.45, 2.75) is 83.7 Å². The van der Waals surface area contributed by atoms with Crippen LogP contribution in [0.25, 0.3) is 11.1 Å². The van der Waals surface area contributed by atoms with E-state index < -0.39 is 67.5 Å². The quantitative estimate of drug-likeness (QED) is 0.184. The largest absolute Gasteiger partial charge is 0.508 e.